The molecule has 242 valence electrons. The van der Waals surface area contributed by atoms with Crippen molar-refractivity contribution in [2.45, 2.75) is 75.6 Å². The monoisotopic (exact) mass is 649 g/mol. The number of nitrogens with zero attached hydrogens (tertiary/aromatic N) is 5. The minimum absolute atomic E-state index is 0.0250. The smallest absolute Gasteiger partial charge is 0.417 e. The quantitative estimate of drug-likeness (QED) is 0.327. The Hall–Kier alpha value is -3.00. The number of nitriles is 1. The summed E-state index contributed by atoms with van der Waals surface area (Å²) in [7, 11) is 0. The number of hydrogen-bond donors (Lipinski definition) is 1. The van der Waals surface area contributed by atoms with Crippen molar-refractivity contribution in [2.24, 2.45) is 0 Å². The number of carbonyl (C=O) groups excluding carboxylic acids is 1. The molecule has 9 nitrogen and oxygen atoms in total. The average molecular weight is 650 g/mol. The van der Waals surface area contributed by atoms with E-state index in [4.69, 9.17) is 27.3 Å². The molecule has 1 aromatic rings. The van der Waals surface area contributed by atoms with Crippen molar-refractivity contribution >= 4 is 34.9 Å². The molecule has 1 unspecified atom stereocenters. The number of carboxylic acids is 1. The summed E-state index contributed by atoms with van der Waals surface area (Å²) in [5.41, 5.74) is -2.93. The topological polar surface area (TPSA) is 100 Å². The zero-order chi connectivity index (χ0) is 32.6. The normalized spacial score (nSPS) is 25.4. The van der Waals surface area contributed by atoms with Gasteiger partial charge in [0.05, 0.1) is 42.1 Å². The SMILES string of the molecule is CC1(C)C(=O)N(c2ccc(C#N)c(C(F)(F)F)c2)C(=S)N1C1CCC(OCCN2CCN(CC(=O)O)C(C(F)(F)F)C2)CC1. The number of piperazine rings is 1. The number of halogens is 6. The van der Waals surface area contributed by atoms with Crippen molar-refractivity contribution in [3.63, 3.8) is 0 Å². The third kappa shape index (κ3) is 7.11. The van der Waals surface area contributed by atoms with Gasteiger partial charge in [0, 0.05) is 32.2 Å². The molecule has 44 heavy (non-hydrogen) atoms. The number of aliphatic carboxylic acids is 1. The van der Waals surface area contributed by atoms with Crippen LogP contribution in [0, 0.1) is 11.3 Å². The van der Waals surface area contributed by atoms with Crippen LogP contribution in [0.15, 0.2) is 18.2 Å². The van der Waals surface area contributed by atoms with Crippen molar-refractivity contribution in [3.05, 3.63) is 29.3 Å². The Labute approximate surface area is 255 Å². The van der Waals surface area contributed by atoms with Crippen LogP contribution in [0.3, 0.4) is 0 Å². The number of anilines is 1. The standard InChI is InChI=1S/C28H33F6N5O4S/c1-26(2)24(42)38(19-4-3-17(14-35)21(13-19)27(29,30)31)25(44)39(26)18-5-7-20(8-6-18)43-12-11-36-9-10-37(16-23(40)41)22(15-36)28(32,33)34/h3-4,13,18,20,22H,5-12,15-16H2,1-2H3,(H,40,41). The Kier molecular flexibility index (Phi) is 9.84. The van der Waals surface area contributed by atoms with Crippen molar-refractivity contribution < 1.29 is 45.8 Å². The van der Waals surface area contributed by atoms with E-state index in [1.165, 1.54) is 12.1 Å². The van der Waals surface area contributed by atoms with Crippen LogP contribution in [0.5, 0.6) is 0 Å². The van der Waals surface area contributed by atoms with Gasteiger partial charge in [-0.2, -0.15) is 31.6 Å². The number of rotatable bonds is 8. The maximum Gasteiger partial charge on any atom is 0.417 e. The van der Waals surface area contributed by atoms with Crippen LogP contribution in [0.4, 0.5) is 32.0 Å². The van der Waals surface area contributed by atoms with E-state index in [2.05, 4.69) is 0 Å². The van der Waals surface area contributed by atoms with Gasteiger partial charge in [0.15, 0.2) is 5.11 Å². The molecule has 16 heteroatoms. The van der Waals surface area contributed by atoms with Gasteiger partial charge < -0.3 is 14.7 Å². The Morgan fingerprint density at radius 3 is 2.36 bits per heavy atom. The first kappa shape index (κ1) is 33.9. The van der Waals surface area contributed by atoms with E-state index < -0.39 is 53.5 Å². The van der Waals surface area contributed by atoms with Crippen LogP contribution in [-0.2, 0) is 20.5 Å². The molecule has 0 bridgehead atoms. The van der Waals surface area contributed by atoms with Gasteiger partial charge in [-0.3, -0.25) is 24.3 Å². The summed E-state index contributed by atoms with van der Waals surface area (Å²) in [6.07, 6.45) is -7.22. The molecule has 1 amide bonds. The van der Waals surface area contributed by atoms with Gasteiger partial charge in [0.1, 0.15) is 11.6 Å². The average Bonchev–Trinajstić information content (AvgIpc) is 3.11. The summed E-state index contributed by atoms with van der Waals surface area (Å²) in [4.78, 5) is 29.8. The van der Waals surface area contributed by atoms with E-state index >= 15 is 0 Å². The largest absolute Gasteiger partial charge is 0.480 e. The van der Waals surface area contributed by atoms with Crippen molar-refractivity contribution in [3.8, 4) is 6.07 Å². The summed E-state index contributed by atoms with van der Waals surface area (Å²) >= 11 is 5.62. The number of carbonyl (C=O) groups is 2. The highest BCUT2D eigenvalue weighted by Crippen LogP contribution is 2.40. The maximum absolute atomic E-state index is 13.6. The number of benzene rings is 1. The van der Waals surface area contributed by atoms with E-state index in [1.807, 2.05) is 0 Å². The molecule has 4 rings (SSSR count). The fourth-order valence-electron chi connectivity index (χ4n) is 6.23. The number of amides is 1. The molecule has 1 atom stereocenters. The second-order valence-electron chi connectivity index (χ2n) is 11.7. The lowest BCUT2D eigenvalue weighted by Gasteiger charge is -2.42. The van der Waals surface area contributed by atoms with Crippen LogP contribution in [0.1, 0.15) is 50.7 Å². The molecular weight excluding hydrogens is 616 g/mol. The van der Waals surface area contributed by atoms with Crippen LogP contribution >= 0.6 is 12.2 Å². The molecule has 3 aliphatic rings. The molecular formula is C28H33F6N5O4S. The lowest BCUT2D eigenvalue weighted by molar-refractivity contribution is -0.199. The van der Waals surface area contributed by atoms with Gasteiger partial charge in [-0.1, -0.05) is 0 Å². The van der Waals surface area contributed by atoms with Crippen LogP contribution in [0.25, 0.3) is 0 Å². The van der Waals surface area contributed by atoms with Crippen LogP contribution < -0.4 is 4.90 Å². The lowest BCUT2D eigenvalue weighted by atomic mass is 9.89. The first-order valence-electron chi connectivity index (χ1n) is 14.1. The van der Waals surface area contributed by atoms with E-state index in [0.29, 0.717) is 25.7 Å². The molecule has 0 radical (unpaired) electrons. The second-order valence-corrected chi connectivity index (χ2v) is 12.1. The molecule has 0 spiro atoms. The highest BCUT2D eigenvalue weighted by atomic mass is 32.1. The fraction of sp³-hybridized carbons (Fsp3) is 0.643. The van der Waals surface area contributed by atoms with Crippen molar-refractivity contribution in [2.75, 3.05) is 44.2 Å². The number of carboxylic acid groups (broad SMARTS) is 1. The van der Waals surface area contributed by atoms with Crippen LogP contribution in [-0.4, -0.2) is 106 Å². The van der Waals surface area contributed by atoms with Gasteiger partial charge in [-0.15, -0.1) is 0 Å². The summed E-state index contributed by atoms with van der Waals surface area (Å²) < 4.78 is 87.3. The Bertz CT molecular complexity index is 1310. The van der Waals surface area contributed by atoms with Crippen molar-refractivity contribution in [1.82, 2.24) is 14.7 Å². The summed E-state index contributed by atoms with van der Waals surface area (Å²) in [5, 5.41) is 18.1. The second kappa shape index (κ2) is 12.8. The molecule has 3 fully saturated rings. The third-order valence-corrected chi connectivity index (χ3v) is 8.85. The first-order valence-corrected chi connectivity index (χ1v) is 14.5. The van der Waals surface area contributed by atoms with Crippen molar-refractivity contribution in [1.29, 1.82) is 5.26 Å². The summed E-state index contributed by atoms with van der Waals surface area (Å²) in [5.74, 6) is -1.80. The number of ether oxygens (including phenoxy) is 1. The zero-order valence-corrected chi connectivity index (χ0v) is 24.9. The lowest BCUT2D eigenvalue weighted by Crippen LogP contribution is -2.60. The molecule has 1 N–H and O–H groups in total. The molecule has 2 saturated heterocycles. The molecule has 1 saturated carbocycles. The van der Waals surface area contributed by atoms with Gasteiger partial charge in [0.25, 0.3) is 5.91 Å². The Morgan fingerprint density at radius 2 is 1.80 bits per heavy atom. The summed E-state index contributed by atoms with van der Waals surface area (Å²) in [6, 6.07) is 2.51. The van der Waals surface area contributed by atoms with E-state index in [0.717, 1.165) is 21.9 Å². The minimum Gasteiger partial charge on any atom is -0.480 e. The molecule has 2 heterocycles. The van der Waals surface area contributed by atoms with Gasteiger partial charge >= 0.3 is 18.3 Å². The van der Waals surface area contributed by atoms with Crippen LogP contribution in [0.2, 0.25) is 0 Å². The van der Waals surface area contributed by atoms with Gasteiger partial charge in [-0.05, 0) is 69.9 Å². The zero-order valence-electron chi connectivity index (χ0n) is 24.1. The molecule has 1 aromatic carbocycles. The van der Waals surface area contributed by atoms with Gasteiger partial charge in [0.2, 0.25) is 0 Å². The number of alkyl halides is 6. The highest BCUT2D eigenvalue weighted by molar-refractivity contribution is 7.80. The first-order chi connectivity index (χ1) is 20.4. The fourth-order valence-corrected chi connectivity index (χ4v) is 6.79. The van der Waals surface area contributed by atoms with Gasteiger partial charge in [-0.25, -0.2) is 0 Å². The molecule has 1 aliphatic carbocycles. The highest BCUT2D eigenvalue weighted by Gasteiger charge is 2.53. The Balaban J connectivity index is 1.34. The minimum atomic E-state index is -4.80. The van der Waals surface area contributed by atoms with E-state index in [1.54, 1.807) is 23.6 Å². The predicted molar refractivity (Wildman–Crippen MR) is 150 cm³/mol. The summed E-state index contributed by atoms with van der Waals surface area (Å²) in [6.45, 7) is 2.99. The van der Waals surface area contributed by atoms with E-state index in [-0.39, 0.29) is 55.7 Å². The van der Waals surface area contributed by atoms with E-state index in [9.17, 15) is 35.9 Å². The predicted octanol–water partition coefficient (Wildman–Crippen LogP) is 4.25. The third-order valence-electron chi connectivity index (χ3n) is 8.47. The Morgan fingerprint density at radius 1 is 1.14 bits per heavy atom. The number of hydrogen-bond acceptors (Lipinski definition) is 7. The molecule has 2 aliphatic heterocycles. The maximum atomic E-state index is 13.6. The number of thiocarbonyl (C=S) groups is 1. The molecule has 0 aromatic heterocycles.